The standard InChI is InChI=1S/C13H16N2/c1-9-5-4-6-11-7-10(2)12(8-14-3)15-13(9)11/h4,6-9H,5H2,1-3H3/t9-/m1/s1. The largest absolute Gasteiger partial charge is 0.294 e. The van der Waals surface area contributed by atoms with E-state index in [-0.39, 0.29) is 0 Å². The van der Waals surface area contributed by atoms with Gasteiger partial charge in [0, 0.05) is 19.2 Å². The molecule has 1 heterocycles. The Labute approximate surface area is 90.8 Å². The minimum atomic E-state index is 0.523. The molecule has 0 saturated carbocycles. The van der Waals surface area contributed by atoms with Crippen molar-refractivity contribution in [3.8, 4) is 0 Å². The Hall–Kier alpha value is -1.44. The molecule has 15 heavy (non-hydrogen) atoms. The minimum absolute atomic E-state index is 0.523. The number of hydrogen-bond donors (Lipinski definition) is 0. The second kappa shape index (κ2) is 3.97. The number of pyridine rings is 1. The summed E-state index contributed by atoms with van der Waals surface area (Å²) in [7, 11) is 1.78. The van der Waals surface area contributed by atoms with Gasteiger partial charge in [-0.15, -0.1) is 0 Å². The Morgan fingerprint density at radius 1 is 1.53 bits per heavy atom. The molecule has 0 aromatic carbocycles. The van der Waals surface area contributed by atoms with Crippen molar-refractivity contribution >= 4 is 12.3 Å². The average molecular weight is 200 g/mol. The number of aliphatic imine (C=N–C) groups is 1. The van der Waals surface area contributed by atoms with Gasteiger partial charge in [0.05, 0.1) is 11.4 Å². The second-order valence-electron chi connectivity index (χ2n) is 4.09. The molecule has 0 unspecified atom stereocenters. The van der Waals surface area contributed by atoms with Crippen molar-refractivity contribution in [3.63, 3.8) is 0 Å². The van der Waals surface area contributed by atoms with Crippen LogP contribution >= 0.6 is 0 Å². The third-order valence-electron chi connectivity index (χ3n) is 2.82. The number of aryl methyl sites for hydroxylation is 1. The topological polar surface area (TPSA) is 25.2 Å². The normalized spacial score (nSPS) is 19.5. The van der Waals surface area contributed by atoms with E-state index in [1.54, 1.807) is 7.05 Å². The Morgan fingerprint density at radius 3 is 3.07 bits per heavy atom. The number of hydrogen-bond acceptors (Lipinski definition) is 2. The molecule has 0 bridgehead atoms. The van der Waals surface area contributed by atoms with Crippen molar-refractivity contribution in [2.75, 3.05) is 7.05 Å². The monoisotopic (exact) mass is 200 g/mol. The highest BCUT2D eigenvalue weighted by molar-refractivity contribution is 5.79. The van der Waals surface area contributed by atoms with Crippen molar-refractivity contribution < 1.29 is 0 Å². The maximum atomic E-state index is 4.68. The molecular weight excluding hydrogens is 184 g/mol. The molecule has 0 saturated heterocycles. The van der Waals surface area contributed by atoms with Crippen LogP contribution in [0.15, 0.2) is 17.1 Å². The van der Waals surface area contributed by atoms with Crippen molar-refractivity contribution in [2.24, 2.45) is 4.99 Å². The first-order chi connectivity index (χ1) is 7.22. The molecule has 2 heteroatoms. The van der Waals surface area contributed by atoms with Crippen molar-refractivity contribution in [1.29, 1.82) is 0 Å². The Kier molecular flexibility index (Phi) is 2.67. The zero-order valence-electron chi connectivity index (χ0n) is 9.49. The summed E-state index contributed by atoms with van der Waals surface area (Å²) in [6, 6.07) is 2.20. The lowest BCUT2D eigenvalue weighted by Gasteiger charge is -2.18. The van der Waals surface area contributed by atoms with Gasteiger partial charge in [-0.2, -0.15) is 0 Å². The molecule has 0 N–H and O–H groups in total. The quantitative estimate of drug-likeness (QED) is 0.640. The Bertz CT molecular complexity index is 430. The van der Waals surface area contributed by atoms with Crippen LogP contribution in [0.3, 0.4) is 0 Å². The summed E-state index contributed by atoms with van der Waals surface area (Å²) in [4.78, 5) is 8.72. The molecule has 1 aromatic rings. The number of aromatic nitrogens is 1. The molecule has 0 spiro atoms. The van der Waals surface area contributed by atoms with Crippen molar-refractivity contribution in [2.45, 2.75) is 26.2 Å². The second-order valence-corrected chi connectivity index (χ2v) is 4.09. The van der Waals surface area contributed by atoms with Crippen LogP contribution in [-0.2, 0) is 0 Å². The third-order valence-corrected chi connectivity index (χ3v) is 2.82. The third kappa shape index (κ3) is 1.84. The van der Waals surface area contributed by atoms with E-state index in [2.05, 4.69) is 42.0 Å². The van der Waals surface area contributed by atoms with Crippen LogP contribution in [0.2, 0.25) is 0 Å². The van der Waals surface area contributed by atoms with E-state index in [0.717, 1.165) is 12.1 Å². The van der Waals surface area contributed by atoms with Crippen LogP contribution in [-0.4, -0.2) is 18.2 Å². The average Bonchev–Trinajstić information content (AvgIpc) is 2.21. The van der Waals surface area contributed by atoms with Gasteiger partial charge in [0.2, 0.25) is 0 Å². The summed E-state index contributed by atoms with van der Waals surface area (Å²) in [5, 5.41) is 0. The van der Waals surface area contributed by atoms with Crippen LogP contribution in [0.4, 0.5) is 0 Å². The van der Waals surface area contributed by atoms with Gasteiger partial charge in [-0.05, 0) is 30.5 Å². The molecule has 1 aliphatic rings. The number of nitrogens with zero attached hydrogens (tertiary/aromatic N) is 2. The van der Waals surface area contributed by atoms with Gasteiger partial charge in [0.15, 0.2) is 0 Å². The zero-order valence-corrected chi connectivity index (χ0v) is 9.49. The lowest BCUT2D eigenvalue weighted by Crippen LogP contribution is -2.07. The van der Waals surface area contributed by atoms with E-state index in [1.165, 1.54) is 16.8 Å². The van der Waals surface area contributed by atoms with E-state index in [0.29, 0.717) is 5.92 Å². The summed E-state index contributed by atoms with van der Waals surface area (Å²) >= 11 is 0. The van der Waals surface area contributed by atoms with Gasteiger partial charge in [-0.3, -0.25) is 9.98 Å². The SMILES string of the molecule is CN=Cc1nc2c(cc1C)C=CC[C@H]2C. The number of rotatable bonds is 1. The highest BCUT2D eigenvalue weighted by Gasteiger charge is 2.15. The number of fused-ring (bicyclic) bond motifs is 1. The molecule has 1 atom stereocenters. The zero-order chi connectivity index (χ0) is 10.8. The summed E-state index contributed by atoms with van der Waals surface area (Å²) in [5.41, 5.74) is 4.66. The lowest BCUT2D eigenvalue weighted by molar-refractivity contribution is 0.737. The Balaban J connectivity index is 2.56. The van der Waals surface area contributed by atoms with E-state index in [9.17, 15) is 0 Å². The van der Waals surface area contributed by atoms with Gasteiger partial charge in [0.1, 0.15) is 0 Å². The summed E-state index contributed by atoms with van der Waals surface area (Å²) < 4.78 is 0. The summed E-state index contributed by atoms with van der Waals surface area (Å²) in [5.74, 6) is 0.523. The first kappa shape index (κ1) is 10.1. The highest BCUT2D eigenvalue weighted by Crippen LogP contribution is 2.28. The molecule has 2 rings (SSSR count). The smallest absolute Gasteiger partial charge is 0.0840 e. The number of allylic oxidation sites excluding steroid dienone is 1. The predicted octanol–water partition coefficient (Wildman–Crippen LogP) is 2.96. The van der Waals surface area contributed by atoms with E-state index >= 15 is 0 Å². The fourth-order valence-corrected chi connectivity index (χ4v) is 1.96. The first-order valence-electron chi connectivity index (χ1n) is 5.32. The van der Waals surface area contributed by atoms with Gasteiger partial charge < -0.3 is 0 Å². The molecule has 0 aliphatic heterocycles. The van der Waals surface area contributed by atoms with Crippen LogP contribution in [0.1, 0.15) is 41.8 Å². The van der Waals surface area contributed by atoms with Gasteiger partial charge in [0.25, 0.3) is 0 Å². The van der Waals surface area contributed by atoms with Crippen LogP contribution in [0.25, 0.3) is 6.08 Å². The first-order valence-corrected chi connectivity index (χ1v) is 5.32. The van der Waals surface area contributed by atoms with Gasteiger partial charge in [-0.25, -0.2) is 0 Å². The fourth-order valence-electron chi connectivity index (χ4n) is 1.96. The van der Waals surface area contributed by atoms with E-state index < -0.39 is 0 Å². The molecule has 1 aromatic heterocycles. The van der Waals surface area contributed by atoms with E-state index in [4.69, 9.17) is 0 Å². The molecule has 0 amide bonds. The molecule has 0 fully saturated rings. The molecule has 78 valence electrons. The lowest BCUT2D eigenvalue weighted by atomic mass is 9.92. The molecule has 0 radical (unpaired) electrons. The van der Waals surface area contributed by atoms with Crippen molar-refractivity contribution in [1.82, 2.24) is 4.98 Å². The molecule has 1 aliphatic carbocycles. The van der Waals surface area contributed by atoms with Crippen LogP contribution < -0.4 is 0 Å². The van der Waals surface area contributed by atoms with E-state index in [1.807, 2.05) is 6.21 Å². The fraction of sp³-hybridized carbons (Fsp3) is 0.385. The van der Waals surface area contributed by atoms with Crippen molar-refractivity contribution in [3.05, 3.63) is 34.7 Å². The summed E-state index contributed by atoms with van der Waals surface area (Å²) in [6.45, 7) is 4.30. The molecular formula is C13H16N2. The minimum Gasteiger partial charge on any atom is -0.294 e. The Morgan fingerprint density at radius 2 is 2.33 bits per heavy atom. The van der Waals surface area contributed by atoms with Gasteiger partial charge in [-0.1, -0.05) is 19.1 Å². The van der Waals surface area contributed by atoms with Gasteiger partial charge >= 0.3 is 0 Å². The van der Waals surface area contributed by atoms with Crippen LogP contribution in [0.5, 0.6) is 0 Å². The maximum Gasteiger partial charge on any atom is 0.0840 e. The predicted molar refractivity (Wildman–Crippen MR) is 64.6 cm³/mol. The highest BCUT2D eigenvalue weighted by atomic mass is 14.8. The summed E-state index contributed by atoms with van der Waals surface area (Å²) in [6.07, 6.45) is 7.32. The maximum absolute atomic E-state index is 4.68. The van der Waals surface area contributed by atoms with Crippen LogP contribution in [0, 0.1) is 6.92 Å². The molecule has 2 nitrogen and oxygen atoms in total.